The number of epoxide rings is 1. The number of esters is 1. The van der Waals surface area contributed by atoms with Crippen molar-refractivity contribution in [3.05, 3.63) is 29.8 Å². The van der Waals surface area contributed by atoms with Crippen LogP contribution in [0, 0.1) is 0 Å². The largest absolute Gasteiger partial charge is 0.491 e. The van der Waals surface area contributed by atoms with Crippen molar-refractivity contribution in [2.24, 2.45) is 0 Å². The Hall–Kier alpha value is -1.26. The lowest BCUT2D eigenvalue weighted by atomic mass is 9.97. The first kappa shape index (κ1) is 14.2. The number of hydrogen-bond donors (Lipinski definition) is 0. The second-order valence-electron chi connectivity index (χ2n) is 4.91. The number of carbonyl (C=O) groups is 1. The van der Waals surface area contributed by atoms with Crippen LogP contribution in [0.1, 0.15) is 26.3 Å². The Balaban J connectivity index is 2.18. The molecule has 1 aliphatic heterocycles. The maximum absolute atomic E-state index is 11.6. The van der Waals surface area contributed by atoms with Gasteiger partial charge in [-0.15, -0.1) is 0 Å². The molecule has 0 aliphatic carbocycles. The first-order valence-electron chi connectivity index (χ1n) is 6.08. The highest BCUT2D eigenvalue weighted by Crippen LogP contribution is 2.59. The van der Waals surface area contributed by atoms with Crippen LogP contribution in [0.25, 0.3) is 0 Å². The summed E-state index contributed by atoms with van der Waals surface area (Å²) in [6.45, 7) is 5.68. The fraction of sp³-hybridized carbons (Fsp3) is 0.500. The molecule has 2 rings (SSSR count). The Morgan fingerprint density at radius 2 is 1.89 bits per heavy atom. The zero-order chi connectivity index (χ0) is 14.3. The number of halogens is 1. The van der Waals surface area contributed by atoms with E-state index in [1.165, 1.54) is 7.11 Å². The number of methoxy groups -OCH3 is 1. The molecule has 2 atom stereocenters. The predicted octanol–water partition coefficient (Wildman–Crippen LogP) is 2.83. The molecule has 1 saturated heterocycles. The molecular formula is C14H17ClO4. The molecular weight excluding hydrogens is 268 g/mol. The molecule has 0 radical (unpaired) electrons. The normalized spacial score (nSPS) is 29.2. The van der Waals surface area contributed by atoms with Gasteiger partial charge in [0.05, 0.1) is 13.2 Å². The second kappa shape index (κ2) is 4.69. The number of ether oxygens (including phenoxy) is 3. The van der Waals surface area contributed by atoms with Crippen molar-refractivity contribution in [1.29, 1.82) is 0 Å². The van der Waals surface area contributed by atoms with Crippen molar-refractivity contribution >= 4 is 17.6 Å². The summed E-state index contributed by atoms with van der Waals surface area (Å²) in [5.74, 6) is 0.181. The molecule has 0 aromatic heterocycles. The van der Waals surface area contributed by atoms with E-state index in [1.807, 2.05) is 38.1 Å². The molecule has 1 aliphatic rings. The van der Waals surface area contributed by atoms with Gasteiger partial charge in [-0.25, -0.2) is 4.79 Å². The fourth-order valence-corrected chi connectivity index (χ4v) is 2.33. The van der Waals surface area contributed by atoms with Gasteiger partial charge < -0.3 is 14.2 Å². The summed E-state index contributed by atoms with van der Waals surface area (Å²) >= 11 is 6.13. The highest BCUT2D eigenvalue weighted by Gasteiger charge is 2.73. The van der Waals surface area contributed by atoms with E-state index in [2.05, 4.69) is 4.74 Å². The summed E-state index contributed by atoms with van der Waals surface area (Å²) < 4.78 is 15.6. The van der Waals surface area contributed by atoms with E-state index in [0.717, 1.165) is 11.3 Å². The van der Waals surface area contributed by atoms with E-state index in [0.29, 0.717) is 0 Å². The van der Waals surface area contributed by atoms with Gasteiger partial charge in [0.15, 0.2) is 0 Å². The predicted molar refractivity (Wildman–Crippen MR) is 71.2 cm³/mol. The molecule has 1 aromatic carbocycles. The lowest BCUT2D eigenvalue weighted by molar-refractivity contribution is -0.143. The van der Waals surface area contributed by atoms with Crippen molar-refractivity contribution in [2.75, 3.05) is 7.11 Å². The van der Waals surface area contributed by atoms with E-state index in [4.69, 9.17) is 21.1 Å². The third-order valence-electron chi connectivity index (χ3n) is 3.14. The Labute approximate surface area is 117 Å². The van der Waals surface area contributed by atoms with Gasteiger partial charge in [0.25, 0.3) is 5.06 Å². The van der Waals surface area contributed by atoms with E-state index < -0.39 is 16.6 Å². The van der Waals surface area contributed by atoms with E-state index in [-0.39, 0.29) is 6.10 Å². The molecule has 1 fully saturated rings. The summed E-state index contributed by atoms with van der Waals surface area (Å²) in [7, 11) is 1.29. The maximum Gasteiger partial charge on any atom is 0.357 e. The summed E-state index contributed by atoms with van der Waals surface area (Å²) in [5, 5.41) is -1.43. The quantitative estimate of drug-likeness (QED) is 0.485. The SMILES string of the molecule is COC(=O)C1(Cl)OC1(C)c1ccc(OC(C)C)cc1. The molecule has 1 aromatic rings. The van der Waals surface area contributed by atoms with E-state index in [9.17, 15) is 4.79 Å². The Morgan fingerprint density at radius 1 is 1.32 bits per heavy atom. The number of rotatable bonds is 4. The van der Waals surface area contributed by atoms with Crippen molar-refractivity contribution in [3.63, 3.8) is 0 Å². The summed E-state index contributed by atoms with van der Waals surface area (Å²) in [6.07, 6.45) is 0.112. The Kier molecular flexibility index (Phi) is 3.49. The van der Waals surface area contributed by atoms with Crippen molar-refractivity contribution in [1.82, 2.24) is 0 Å². The second-order valence-corrected chi connectivity index (χ2v) is 5.45. The van der Waals surface area contributed by atoms with Crippen molar-refractivity contribution in [3.8, 4) is 5.75 Å². The van der Waals surface area contributed by atoms with Crippen LogP contribution in [0.3, 0.4) is 0 Å². The van der Waals surface area contributed by atoms with Crippen LogP contribution in [-0.4, -0.2) is 24.2 Å². The standard InChI is InChI=1S/C14H17ClO4/c1-9(2)18-11-7-5-10(6-8-11)13(3)14(15,19-13)12(16)17-4/h5-9H,1-4H3. The first-order valence-corrected chi connectivity index (χ1v) is 6.46. The summed E-state index contributed by atoms with van der Waals surface area (Å²) in [4.78, 5) is 11.6. The molecule has 0 bridgehead atoms. The zero-order valence-electron chi connectivity index (χ0n) is 11.4. The van der Waals surface area contributed by atoms with Crippen LogP contribution in [0.2, 0.25) is 0 Å². The topological polar surface area (TPSA) is 48.1 Å². The smallest absolute Gasteiger partial charge is 0.357 e. The van der Waals surface area contributed by atoms with Gasteiger partial charge in [-0.05, 0) is 38.5 Å². The van der Waals surface area contributed by atoms with Crippen LogP contribution in [-0.2, 0) is 19.9 Å². The summed E-state index contributed by atoms with van der Waals surface area (Å²) in [5.41, 5.74) is -0.0538. The number of benzene rings is 1. The Bertz CT molecular complexity index is 485. The van der Waals surface area contributed by atoms with Gasteiger partial charge in [0, 0.05) is 0 Å². The molecule has 1 heterocycles. The highest BCUT2D eigenvalue weighted by molar-refractivity contribution is 6.35. The molecule has 5 heteroatoms. The minimum atomic E-state index is -1.43. The van der Waals surface area contributed by atoms with Crippen molar-refractivity contribution in [2.45, 2.75) is 37.5 Å². The van der Waals surface area contributed by atoms with Gasteiger partial charge in [-0.2, -0.15) is 0 Å². The molecule has 0 spiro atoms. The van der Waals surface area contributed by atoms with Crippen molar-refractivity contribution < 1.29 is 19.0 Å². The molecule has 19 heavy (non-hydrogen) atoms. The van der Waals surface area contributed by atoms with Crippen LogP contribution < -0.4 is 4.74 Å². The average Bonchev–Trinajstić information content (AvgIpc) is 2.94. The number of alkyl halides is 1. The molecule has 0 N–H and O–H groups in total. The van der Waals surface area contributed by atoms with Crippen LogP contribution in [0.4, 0.5) is 0 Å². The summed E-state index contributed by atoms with van der Waals surface area (Å²) in [6, 6.07) is 7.34. The third kappa shape index (κ3) is 2.30. The fourth-order valence-electron chi connectivity index (χ4n) is 1.99. The van der Waals surface area contributed by atoms with Gasteiger partial charge in [-0.1, -0.05) is 23.7 Å². The first-order chi connectivity index (χ1) is 8.83. The number of hydrogen-bond acceptors (Lipinski definition) is 4. The average molecular weight is 285 g/mol. The molecule has 2 unspecified atom stereocenters. The van der Waals surface area contributed by atoms with Crippen LogP contribution in [0.15, 0.2) is 24.3 Å². The minimum Gasteiger partial charge on any atom is -0.491 e. The highest BCUT2D eigenvalue weighted by atomic mass is 35.5. The minimum absolute atomic E-state index is 0.112. The van der Waals surface area contributed by atoms with Gasteiger partial charge in [-0.3, -0.25) is 0 Å². The van der Waals surface area contributed by atoms with Gasteiger partial charge in [0.1, 0.15) is 11.4 Å². The molecule has 104 valence electrons. The lowest BCUT2D eigenvalue weighted by Gasteiger charge is -2.12. The van der Waals surface area contributed by atoms with Crippen LogP contribution >= 0.6 is 11.6 Å². The van der Waals surface area contributed by atoms with Gasteiger partial charge in [0.2, 0.25) is 0 Å². The Morgan fingerprint density at radius 3 is 2.37 bits per heavy atom. The number of carbonyl (C=O) groups excluding carboxylic acids is 1. The molecule has 0 amide bonds. The molecule has 0 saturated carbocycles. The molecule has 4 nitrogen and oxygen atoms in total. The zero-order valence-corrected chi connectivity index (χ0v) is 12.2. The van der Waals surface area contributed by atoms with E-state index in [1.54, 1.807) is 6.92 Å². The van der Waals surface area contributed by atoms with Gasteiger partial charge >= 0.3 is 5.97 Å². The van der Waals surface area contributed by atoms with Crippen LogP contribution in [0.5, 0.6) is 5.75 Å². The van der Waals surface area contributed by atoms with E-state index >= 15 is 0 Å². The maximum atomic E-state index is 11.6. The third-order valence-corrected chi connectivity index (χ3v) is 3.73. The monoisotopic (exact) mass is 284 g/mol. The lowest BCUT2D eigenvalue weighted by Crippen LogP contribution is -2.26.